The highest BCUT2D eigenvalue weighted by molar-refractivity contribution is 5.96. The van der Waals surface area contributed by atoms with E-state index in [1.807, 2.05) is 60.1 Å². The lowest BCUT2D eigenvalue weighted by atomic mass is 9.98. The van der Waals surface area contributed by atoms with E-state index >= 15 is 0 Å². The van der Waals surface area contributed by atoms with Gasteiger partial charge in [-0.2, -0.15) is 5.10 Å². The zero-order chi connectivity index (χ0) is 19.8. The van der Waals surface area contributed by atoms with E-state index in [0.717, 1.165) is 37.1 Å². The molecule has 0 N–H and O–H groups in total. The van der Waals surface area contributed by atoms with E-state index in [2.05, 4.69) is 15.0 Å². The Morgan fingerprint density at radius 2 is 1.76 bits per heavy atom. The molecule has 1 aromatic carbocycles. The molecular weight excluding hydrogens is 364 g/mol. The van der Waals surface area contributed by atoms with Gasteiger partial charge in [-0.05, 0) is 38.0 Å². The van der Waals surface area contributed by atoms with Crippen molar-refractivity contribution < 1.29 is 9.53 Å². The Bertz CT molecular complexity index is 988. The molecule has 2 bridgehead atoms. The number of nitrogens with zero attached hydrogens (tertiary/aromatic N) is 4. The third kappa shape index (κ3) is 3.28. The minimum atomic E-state index is 0.0912. The zero-order valence-electron chi connectivity index (χ0n) is 16.4. The van der Waals surface area contributed by atoms with Crippen LogP contribution in [-0.4, -0.2) is 43.8 Å². The van der Waals surface area contributed by atoms with E-state index in [1.54, 1.807) is 12.4 Å². The fourth-order valence-corrected chi connectivity index (χ4v) is 4.73. The second-order valence-electron chi connectivity index (χ2n) is 7.87. The number of para-hydroxylation sites is 1. The number of piperidine rings is 1. The van der Waals surface area contributed by atoms with Crippen LogP contribution >= 0.6 is 0 Å². The molecule has 1 amide bonds. The lowest BCUT2D eigenvalue weighted by Crippen LogP contribution is -2.49. The summed E-state index contributed by atoms with van der Waals surface area (Å²) in [6, 6.07) is 16.1. The summed E-state index contributed by atoms with van der Waals surface area (Å²) in [7, 11) is 0. The summed E-state index contributed by atoms with van der Waals surface area (Å²) in [6.07, 6.45) is 7.33. The van der Waals surface area contributed by atoms with Crippen LogP contribution in [0.4, 0.5) is 0 Å². The normalized spacial score (nSPS) is 23.2. The van der Waals surface area contributed by atoms with Crippen molar-refractivity contribution in [1.82, 2.24) is 19.7 Å². The van der Waals surface area contributed by atoms with E-state index in [0.29, 0.717) is 11.4 Å². The maximum atomic E-state index is 13.4. The van der Waals surface area contributed by atoms with Gasteiger partial charge in [0.2, 0.25) is 5.88 Å². The molecule has 3 aromatic rings. The van der Waals surface area contributed by atoms with Crippen LogP contribution in [0, 0.1) is 6.92 Å². The average Bonchev–Trinajstić information content (AvgIpc) is 3.26. The van der Waals surface area contributed by atoms with Crippen molar-refractivity contribution >= 4 is 5.91 Å². The lowest BCUT2D eigenvalue weighted by molar-refractivity contribution is 0.0347. The molecule has 6 nitrogen and oxygen atoms in total. The quantitative estimate of drug-likeness (QED) is 0.682. The van der Waals surface area contributed by atoms with Gasteiger partial charge < -0.3 is 9.64 Å². The first-order chi connectivity index (χ1) is 14.2. The summed E-state index contributed by atoms with van der Waals surface area (Å²) in [6.45, 7) is 1.96. The lowest BCUT2D eigenvalue weighted by Gasteiger charge is -2.38. The Morgan fingerprint density at radius 3 is 2.45 bits per heavy atom. The highest BCUT2D eigenvalue weighted by Crippen LogP contribution is 2.38. The molecule has 0 spiro atoms. The number of amides is 1. The Hall–Kier alpha value is -3.15. The number of hydrogen-bond acceptors (Lipinski definition) is 4. The third-order valence-corrected chi connectivity index (χ3v) is 6.09. The standard InChI is InChI=1S/C23H24N4O2/c1-16-21(15-25-27(16)17-7-3-2-4-8-17)23(28)26-18-10-11-19(26)14-20(13-18)29-22-9-5-6-12-24-22/h2-9,12,15,18-20H,10-11,13-14H2,1H3. The molecule has 2 aliphatic rings. The average molecular weight is 388 g/mol. The van der Waals surface area contributed by atoms with Crippen LogP contribution in [0.3, 0.4) is 0 Å². The molecular formula is C23H24N4O2. The number of carbonyl (C=O) groups excluding carboxylic acids is 1. The van der Waals surface area contributed by atoms with Gasteiger partial charge in [-0.3, -0.25) is 4.79 Å². The number of hydrogen-bond donors (Lipinski definition) is 0. The highest BCUT2D eigenvalue weighted by atomic mass is 16.5. The molecule has 2 fully saturated rings. The van der Waals surface area contributed by atoms with Crippen LogP contribution < -0.4 is 4.74 Å². The molecule has 29 heavy (non-hydrogen) atoms. The van der Waals surface area contributed by atoms with Gasteiger partial charge in [0.05, 0.1) is 23.1 Å². The Morgan fingerprint density at radius 1 is 1.03 bits per heavy atom. The number of aromatic nitrogens is 3. The van der Waals surface area contributed by atoms with Crippen LogP contribution in [0.15, 0.2) is 60.9 Å². The minimum Gasteiger partial charge on any atom is -0.474 e. The van der Waals surface area contributed by atoms with Crippen LogP contribution in [-0.2, 0) is 0 Å². The van der Waals surface area contributed by atoms with Gasteiger partial charge in [0.15, 0.2) is 0 Å². The molecule has 0 saturated carbocycles. The van der Waals surface area contributed by atoms with Gasteiger partial charge >= 0.3 is 0 Å². The molecule has 4 heterocycles. The summed E-state index contributed by atoms with van der Waals surface area (Å²) < 4.78 is 7.93. The highest BCUT2D eigenvalue weighted by Gasteiger charge is 2.44. The molecule has 2 saturated heterocycles. The maximum absolute atomic E-state index is 13.4. The second kappa shape index (κ2) is 7.35. The van der Waals surface area contributed by atoms with Crippen molar-refractivity contribution in [3.63, 3.8) is 0 Å². The van der Waals surface area contributed by atoms with Gasteiger partial charge in [0.1, 0.15) is 6.10 Å². The van der Waals surface area contributed by atoms with Gasteiger partial charge in [0, 0.05) is 37.2 Å². The molecule has 6 heteroatoms. The van der Waals surface area contributed by atoms with Gasteiger partial charge in [-0.15, -0.1) is 0 Å². The Balaban J connectivity index is 1.34. The number of ether oxygens (including phenoxy) is 1. The van der Waals surface area contributed by atoms with Crippen LogP contribution in [0.2, 0.25) is 0 Å². The van der Waals surface area contributed by atoms with Crippen molar-refractivity contribution in [2.75, 3.05) is 0 Å². The van der Waals surface area contributed by atoms with Crippen molar-refractivity contribution in [1.29, 1.82) is 0 Å². The first-order valence-electron chi connectivity index (χ1n) is 10.2. The third-order valence-electron chi connectivity index (χ3n) is 6.09. The van der Waals surface area contributed by atoms with Gasteiger partial charge in [-0.1, -0.05) is 24.3 Å². The first-order valence-corrected chi connectivity index (χ1v) is 10.2. The van der Waals surface area contributed by atoms with E-state index < -0.39 is 0 Å². The maximum Gasteiger partial charge on any atom is 0.257 e. The number of benzene rings is 1. The first kappa shape index (κ1) is 17.9. The predicted octanol–water partition coefficient (Wildman–Crippen LogP) is 3.79. The number of rotatable bonds is 4. The van der Waals surface area contributed by atoms with Crippen LogP contribution in [0.25, 0.3) is 5.69 Å². The van der Waals surface area contributed by atoms with Crippen LogP contribution in [0.1, 0.15) is 41.7 Å². The largest absolute Gasteiger partial charge is 0.474 e. The van der Waals surface area contributed by atoms with E-state index in [4.69, 9.17) is 4.74 Å². The van der Waals surface area contributed by atoms with E-state index in [-0.39, 0.29) is 24.1 Å². The smallest absolute Gasteiger partial charge is 0.257 e. The molecule has 2 atom stereocenters. The van der Waals surface area contributed by atoms with Gasteiger partial charge in [-0.25, -0.2) is 9.67 Å². The van der Waals surface area contributed by atoms with E-state index in [1.165, 1.54) is 0 Å². The van der Waals surface area contributed by atoms with E-state index in [9.17, 15) is 4.79 Å². The zero-order valence-corrected chi connectivity index (χ0v) is 16.4. The monoisotopic (exact) mass is 388 g/mol. The molecule has 148 valence electrons. The second-order valence-corrected chi connectivity index (χ2v) is 7.87. The van der Waals surface area contributed by atoms with Gasteiger partial charge in [0.25, 0.3) is 5.91 Å². The molecule has 2 aliphatic heterocycles. The number of pyridine rings is 1. The molecule has 0 aliphatic carbocycles. The minimum absolute atomic E-state index is 0.0912. The summed E-state index contributed by atoms with van der Waals surface area (Å²) in [5, 5.41) is 4.48. The topological polar surface area (TPSA) is 60.3 Å². The molecule has 5 rings (SSSR count). The molecule has 2 aromatic heterocycles. The number of fused-ring (bicyclic) bond motifs is 2. The van der Waals surface area contributed by atoms with Crippen molar-refractivity contribution in [2.45, 2.75) is 50.8 Å². The van der Waals surface area contributed by atoms with Crippen LogP contribution in [0.5, 0.6) is 5.88 Å². The fourth-order valence-electron chi connectivity index (χ4n) is 4.73. The van der Waals surface area contributed by atoms with Crippen molar-refractivity contribution in [3.05, 3.63) is 72.2 Å². The fraction of sp³-hybridized carbons (Fsp3) is 0.348. The molecule has 0 radical (unpaired) electrons. The van der Waals surface area contributed by atoms with Crippen molar-refractivity contribution in [2.24, 2.45) is 0 Å². The number of carbonyl (C=O) groups is 1. The predicted molar refractivity (Wildman–Crippen MR) is 109 cm³/mol. The summed E-state index contributed by atoms with van der Waals surface area (Å²) in [4.78, 5) is 19.8. The Kier molecular flexibility index (Phi) is 4.54. The summed E-state index contributed by atoms with van der Waals surface area (Å²) >= 11 is 0. The Labute approximate surface area is 170 Å². The van der Waals surface area contributed by atoms with Crippen molar-refractivity contribution in [3.8, 4) is 11.6 Å². The SMILES string of the molecule is Cc1c(C(=O)N2C3CCC2CC(Oc2ccccn2)C3)cnn1-c1ccccc1. The molecule has 2 unspecified atom stereocenters. The summed E-state index contributed by atoms with van der Waals surface area (Å²) in [5.41, 5.74) is 2.54. The summed E-state index contributed by atoms with van der Waals surface area (Å²) in [5.74, 6) is 0.755.